The van der Waals surface area contributed by atoms with Crippen LogP contribution in [0.2, 0.25) is 0 Å². The lowest BCUT2D eigenvalue weighted by molar-refractivity contribution is -0.0403. The molecule has 0 amide bonds. The van der Waals surface area contributed by atoms with Gasteiger partial charge in [0.1, 0.15) is 12.2 Å². The predicted octanol–water partition coefficient (Wildman–Crippen LogP) is -0.182. The molecule has 2 rings (SSSR count). The summed E-state index contributed by atoms with van der Waals surface area (Å²) in [7, 11) is 0. The largest absolute Gasteiger partial charge is 0.388 e. The van der Waals surface area contributed by atoms with Crippen molar-refractivity contribution >= 4 is 13.2 Å². The molecule has 4 atom stereocenters. The first-order chi connectivity index (χ1) is 10.6. The van der Waals surface area contributed by atoms with Crippen molar-refractivity contribution in [2.24, 2.45) is 0 Å². The lowest BCUT2D eigenvalue weighted by atomic mass is 10.1. The topological polar surface area (TPSA) is 105 Å². The van der Waals surface area contributed by atoms with E-state index in [-0.39, 0.29) is 0 Å². The van der Waals surface area contributed by atoms with Gasteiger partial charge in [-0.1, -0.05) is 6.92 Å². The molecule has 7 nitrogen and oxygen atoms in total. The first-order valence-corrected chi connectivity index (χ1v) is 10.7. The maximum absolute atomic E-state index is 12.0. The summed E-state index contributed by atoms with van der Waals surface area (Å²) in [5.41, 5.74) is -0.681. The van der Waals surface area contributed by atoms with E-state index in [9.17, 15) is 19.8 Å². The average Bonchev–Trinajstić information content (AvgIpc) is 2.73. The van der Waals surface area contributed by atoms with Gasteiger partial charge in [-0.05, 0) is 32.3 Å². The van der Waals surface area contributed by atoms with E-state index in [2.05, 4.69) is 24.6 Å². The first-order valence-electron chi connectivity index (χ1n) is 7.67. The quantitative estimate of drug-likeness (QED) is 0.643. The van der Waals surface area contributed by atoms with Crippen LogP contribution in [-0.4, -0.2) is 63.9 Å². The number of aromatic nitrogens is 2. The van der Waals surface area contributed by atoms with Gasteiger partial charge < -0.3 is 14.9 Å². The fourth-order valence-corrected chi connectivity index (χ4v) is 3.60. The standard InChI is InChI=1S/C15H25N2O5P/c1-5-9-8-17(15(21)16-13(9)20)14-12(19)11(18)10(22-14)6-7-23(2,3)4/h8,10-12,14,18-19H,2,5-7H2,1,3-4H3,(H,16,20,21)/t10-,11-,12?,14-/m1/s1. The first kappa shape index (κ1) is 18.2. The Morgan fingerprint density at radius 3 is 2.57 bits per heavy atom. The van der Waals surface area contributed by atoms with E-state index >= 15 is 0 Å². The Morgan fingerprint density at radius 2 is 2.00 bits per heavy atom. The van der Waals surface area contributed by atoms with Crippen molar-refractivity contribution in [1.29, 1.82) is 0 Å². The van der Waals surface area contributed by atoms with Crippen molar-refractivity contribution in [3.8, 4) is 0 Å². The fourth-order valence-electron chi connectivity index (χ4n) is 2.64. The average molecular weight is 344 g/mol. The maximum Gasteiger partial charge on any atom is 0.330 e. The molecule has 1 fully saturated rings. The van der Waals surface area contributed by atoms with E-state index in [0.717, 1.165) is 10.7 Å². The number of nitrogens with zero attached hydrogens (tertiary/aromatic N) is 1. The molecule has 0 radical (unpaired) electrons. The van der Waals surface area contributed by atoms with E-state index in [4.69, 9.17) is 4.74 Å². The van der Waals surface area contributed by atoms with Crippen LogP contribution in [0, 0.1) is 0 Å². The molecule has 3 N–H and O–H groups in total. The summed E-state index contributed by atoms with van der Waals surface area (Å²) in [6, 6.07) is 0. The van der Waals surface area contributed by atoms with Gasteiger partial charge >= 0.3 is 5.69 Å². The molecule has 0 aliphatic carbocycles. The highest BCUT2D eigenvalue weighted by atomic mass is 31.2. The molecule has 0 aromatic carbocycles. The Balaban J connectivity index is 2.26. The van der Waals surface area contributed by atoms with Crippen molar-refractivity contribution in [1.82, 2.24) is 9.55 Å². The van der Waals surface area contributed by atoms with Crippen molar-refractivity contribution in [2.75, 3.05) is 19.5 Å². The van der Waals surface area contributed by atoms with Gasteiger partial charge in [-0.25, -0.2) is 4.79 Å². The third kappa shape index (κ3) is 4.04. The zero-order valence-electron chi connectivity index (χ0n) is 13.7. The minimum Gasteiger partial charge on any atom is -0.388 e. The molecule has 2 heterocycles. The number of hydrogen-bond acceptors (Lipinski definition) is 5. The molecule has 0 saturated carbocycles. The maximum atomic E-state index is 12.0. The van der Waals surface area contributed by atoms with Gasteiger partial charge in [0.2, 0.25) is 0 Å². The number of hydrogen-bond donors (Lipinski definition) is 3. The molecule has 1 aliphatic rings. The molecule has 0 spiro atoms. The Kier molecular flexibility index (Phi) is 5.36. The van der Waals surface area contributed by atoms with Crippen LogP contribution in [-0.2, 0) is 11.2 Å². The Bertz CT molecular complexity index is 719. The highest BCUT2D eigenvalue weighted by molar-refractivity contribution is 7.72. The highest BCUT2D eigenvalue weighted by Gasteiger charge is 2.43. The summed E-state index contributed by atoms with van der Waals surface area (Å²) in [6.45, 7) is 4.69. The van der Waals surface area contributed by atoms with Crippen LogP contribution < -0.4 is 11.2 Å². The number of aryl methyl sites for hydroxylation is 1. The number of aliphatic hydroxyl groups excluding tert-OH is 2. The molecule has 1 unspecified atom stereocenters. The second-order valence-electron chi connectivity index (χ2n) is 6.67. The van der Waals surface area contributed by atoms with E-state index in [1.165, 1.54) is 6.20 Å². The van der Waals surface area contributed by atoms with Crippen LogP contribution in [0.3, 0.4) is 0 Å². The SMILES string of the molecule is C=P(C)(C)CC[C@H]1O[C@@H](n2cc(CC)c(=O)[nH]c2=O)C(O)[C@@H]1O. The number of rotatable bonds is 5. The van der Waals surface area contributed by atoms with E-state index in [0.29, 0.717) is 18.4 Å². The van der Waals surface area contributed by atoms with Crippen LogP contribution in [0.1, 0.15) is 25.1 Å². The summed E-state index contributed by atoms with van der Waals surface area (Å²) in [5, 5.41) is 20.4. The Labute approximate surface area is 134 Å². The molecule has 1 aromatic heterocycles. The van der Waals surface area contributed by atoms with Crippen LogP contribution in [0.25, 0.3) is 0 Å². The molecule has 23 heavy (non-hydrogen) atoms. The summed E-state index contributed by atoms with van der Waals surface area (Å²) in [6.07, 6.45) is 3.48. The summed E-state index contributed by atoms with van der Waals surface area (Å²) in [4.78, 5) is 25.9. The van der Waals surface area contributed by atoms with E-state index < -0.39 is 42.7 Å². The molecular weight excluding hydrogens is 319 g/mol. The molecule has 130 valence electrons. The second-order valence-corrected chi connectivity index (χ2v) is 11.0. The van der Waals surface area contributed by atoms with Gasteiger partial charge in [-0.3, -0.25) is 14.3 Å². The van der Waals surface area contributed by atoms with Gasteiger partial charge in [-0.15, -0.1) is 13.2 Å². The molecule has 8 heteroatoms. The third-order valence-corrected chi connectivity index (χ3v) is 5.52. The van der Waals surface area contributed by atoms with E-state index in [1.807, 2.05) is 0 Å². The van der Waals surface area contributed by atoms with Crippen molar-refractivity contribution in [3.05, 3.63) is 32.6 Å². The zero-order valence-corrected chi connectivity index (χ0v) is 14.6. The molecular formula is C15H25N2O5P. The number of aliphatic hydroxyl groups is 2. The van der Waals surface area contributed by atoms with Crippen molar-refractivity contribution < 1.29 is 14.9 Å². The summed E-state index contributed by atoms with van der Waals surface area (Å²) in [5.74, 6) is 0. The van der Waals surface area contributed by atoms with Crippen molar-refractivity contribution in [2.45, 2.75) is 44.3 Å². The van der Waals surface area contributed by atoms with Crippen LogP contribution in [0.15, 0.2) is 15.8 Å². The zero-order chi connectivity index (χ0) is 17.4. The minimum absolute atomic E-state index is 0.420. The molecule has 1 aliphatic heterocycles. The van der Waals surface area contributed by atoms with Gasteiger partial charge in [0.25, 0.3) is 5.56 Å². The fraction of sp³-hybridized carbons (Fsp3) is 0.667. The lowest BCUT2D eigenvalue weighted by Crippen LogP contribution is -2.38. The van der Waals surface area contributed by atoms with Crippen molar-refractivity contribution in [3.63, 3.8) is 0 Å². The minimum atomic E-state index is -1.27. The van der Waals surface area contributed by atoms with E-state index in [1.54, 1.807) is 6.92 Å². The number of nitrogens with one attached hydrogen (secondary N) is 1. The Hall–Kier alpha value is -1.14. The molecule has 1 saturated heterocycles. The van der Waals surface area contributed by atoms with Crippen LogP contribution in [0.5, 0.6) is 0 Å². The van der Waals surface area contributed by atoms with Gasteiger partial charge in [0.15, 0.2) is 6.23 Å². The number of ether oxygens (including phenoxy) is 1. The van der Waals surface area contributed by atoms with Crippen LogP contribution in [0.4, 0.5) is 0 Å². The molecule has 1 aromatic rings. The lowest BCUT2D eigenvalue weighted by Gasteiger charge is -2.19. The smallest absolute Gasteiger partial charge is 0.330 e. The van der Waals surface area contributed by atoms with Gasteiger partial charge in [0, 0.05) is 11.8 Å². The number of H-pyrrole nitrogens is 1. The third-order valence-electron chi connectivity index (χ3n) is 4.05. The number of aromatic amines is 1. The second kappa shape index (κ2) is 6.77. The Morgan fingerprint density at radius 1 is 1.35 bits per heavy atom. The normalized spacial score (nSPS) is 28.2. The summed E-state index contributed by atoms with van der Waals surface area (Å²) < 4.78 is 6.87. The highest BCUT2D eigenvalue weighted by Crippen LogP contribution is 2.39. The predicted molar refractivity (Wildman–Crippen MR) is 92.0 cm³/mol. The monoisotopic (exact) mass is 344 g/mol. The molecule has 0 bridgehead atoms. The summed E-state index contributed by atoms with van der Waals surface area (Å²) >= 11 is 0. The van der Waals surface area contributed by atoms with Gasteiger partial charge in [0.05, 0.1) is 6.10 Å². The van der Waals surface area contributed by atoms with Gasteiger partial charge in [-0.2, -0.15) is 0 Å². The van der Waals surface area contributed by atoms with Crippen LogP contribution >= 0.6 is 6.89 Å².